The van der Waals surface area contributed by atoms with E-state index in [1.165, 1.54) is 11.1 Å². The summed E-state index contributed by atoms with van der Waals surface area (Å²) in [5, 5.41) is 0. The Labute approximate surface area is 89.3 Å². The summed E-state index contributed by atoms with van der Waals surface area (Å²) in [6, 6.07) is 6.36. The first-order valence-corrected chi connectivity index (χ1v) is 5.13. The van der Waals surface area contributed by atoms with Gasteiger partial charge in [-0.15, -0.1) is 0 Å². The van der Waals surface area contributed by atoms with Crippen LogP contribution in [0.4, 0.5) is 5.69 Å². The second kappa shape index (κ2) is 3.09. The van der Waals surface area contributed by atoms with Gasteiger partial charge in [-0.1, -0.05) is 24.3 Å². The maximum Gasteiger partial charge on any atom is 0.133 e. The van der Waals surface area contributed by atoms with Crippen LogP contribution < -0.4 is 0 Å². The second-order valence-corrected chi connectivity index (χ2v) is 3.88. The smallest absolute Gasteiger partial charge is 0.133 e. The number of hydrogen-bond acceptors (Lipinski definition) is 2. The second-order valence-electron chi connectivity index (χ2n) is 3.88. The number of para-hydroxylation sites is 1. The molecule has 1 aromatic carbocycles. The standard InChI is InChI=1S/C13H12N2/c1-10-5-4-6-11-9-15-8-3-2-7-12(15)14-13(10)11/h2-8H,9H2,1H3. The summed E-state index contributed by atoms with van der Waals surface area (Å²) in [4.78, 5) is 6.84. The number of hydrogen-bond donors (Lipinski definition) is 0. The van der Waals surface area contributed by atoms with Crippen molar-refractivity contribution in [1.29, 1.82) is 0 Å². The molecule has 0 atom stereocenters. The number of fused-ring (bicyclic) bond motifs is 2. The molecule has 2 heteroatoms. The molecule has 0 radical (unpaired) electrons. The zero-order chi connectivity index (χ0) is 10.3. The molecule has 1 aromatic rings. The molecule has 0 N–H and O–H groups in total. The number of amidine groups is 1. The van der Waals surface area contributed by atoms with Crippen molar-refractivity contribution in [3.8, 4) is 0 Å². The zero-order valence-electron chi connectivity index (χ0n) is 8.64. The van der Waals surface area contributed by atoms with Gasteiger partial charge < -0.3 is 4.90 Å². The van der Waals surface area contributed by atoms with Gasteiger partial charge in [-0.2, -0.15) is 0 Å². The van der Waals surface area contributed by atoms with Crippen LogP contribution in [0.15, 0.2) is 47.6 Å². The lowest BCUT2D eigenvalue weighted by Crippen LogP contribution is -2.27. The van der Waals surface area contributed by atoms with E-state index in [0.717, 1.165) is 18.1 Å². The average Bonchev–Trinajstić information content (AvgIpc) is 2.27. The Kier molecular flexibility index (Phi) is 1.75. The van der Waals surface area contributed by atoms with Crippen LogP contribution >= 0.6 is 0 Å². The molecule has 0 fully saturated rings. The number of rotatable bonds is 0. The third-order valence-corrected chi connectivity index (χ3v) is 2.81. The predicted octanol–water partition coefficient (Wildman–Crippen LogP) is 2.92. The number of benzene rings is 1. The van der Waals surface area contributed by atoms with E-state index in [1.54, 1.807) is 0 Å². The van der Waals surface area contributed by atoms with Crippen molar-refractivity contribution in [2.75, 3.05) is 0 Å². The van der Waals surface area contributed by atoms with Crippen molar-refractivity contribution in [1.82, 2.24) is 4.90 Å². The topological polar surface area (TPSA) is 15.6 Å². The Morgan fingerprint density at radius 2 is 2.20 bits per heavy atom. The fourth-order valence-electron chi connectivity index (χ4n) is 2.01. The van der Waals surface area contributed by atoms with Crippen LogP contribution in [0, 0.1) is 6.92 Å². The largest absolute Gasteiger partial charge is 0.329 e. The number of aryl methyl sites for hydroxylation is 1. The number of nitrogens with zero attached hydrogens (tertiary/aromatic N) is 2. The van der Waals surface area contributed by atoms with Gasteiger partial charge in [-0.3, -0.25) is 0 Å². The Balaban J connectivity index is 2.17. The summed E-state index contributed by atoms with van der Waals surface area (Å²) in [7, 11) is 0. The molecule has 0 amide bonds. The van der Waals surface area contributed by atoms with Gasteiger partial charge in [0, 0.05) is 6.20 Å². The van der Waals surface area contributed by atoms with Gasteiger partial charge in [0.1, 0.15) is 5.84 Å². The maximum atomic E-state index is 4.67. The molecule has 3 rings (SSSR count). The lowest BCUT2D eigenvalue weighted by molar-refractivity contribution is 0.544. The highest BCUT2D eigenvalue weighted by Gasteiger charge is 2.17. The SMILES string of the molecule is Cc1cccc2c1N=C1C=CC=CN1C2. The van der Waals surface area contributed by atoms with E-state index in [1.807, 2.05) is 12.2 Å². The van der Waals surface area contributed by atoms with E-state index >= 15 is 0 Å². The van der Waals surface area contributed by atoms with E-state index in [-0.39, 0.29) is 0 Å². The summed E-state index contributed by atoms with van der Waals surface area (Å²) in [5.41, 5.74) is 3.70. The van der Waals surface area contributed by atoms with Crippen LogP contribution in [0.25, 0.3) is 0 Å². The van der Waals surface area contributed by atoms with Gasteiger partial charge in [0.25, 0.3) is 0 Å². The average molecular weight is 196 g/mol. The van der Waals surface area contributed by atoms with Gasteiger partial charge in [-0.05, 0) is 30.2 Å². The third-order valence-electron chi connectivity index (χ3n) is 2.81. The minimum Gasteiger partial charge on any atom is -0.329 e. The molecule has 2 heterocycles. The van der Waals surface area contributed by atoms with E-state index in [9.17, 15) is 0 Å². The third kappa shape index (κ3) is 1.30. The molecule has 0 saturated heterocycles. The fraction of sp³-hybridized carbons (Fsp3) is 0.154. The van der Waals surface area contributed by atoms with Gasteiger partial charge in [0.2, 0.25) is 0 Å². The molecule has 2 aliphatic heterocycles. The van der Waals surface area contributed by atoms with E-state index in [4.69, 9.17) is 0 Å². The highest BCUT2D eigenvalue weighted by atomic mass is 15.2. The Morgan fingerprint density at radius 1 is 1.27 bits per heavy atom. The minimum absolute atomic E-state index is 0.927. The lowest BCUT2D eigenvalue weighted by Gasteiger charge is -2.28. The van der Waals surface area contributed by atoms with Crippen LogP contribution in [0.1, 0.15) is 11.1 Å². The van der Waals surface area contributed by atoms with Crippen molar-refractivity contribution in [3.63, 3.8) is 0 Å². The molecule has 0 spiro atoms. The van der Waals surface area contributed by atoms with Gasteiger partial charge >= 0.3 is 0 Å². The normalized spacial score (nSPS) is 17.1. The Bertz CT molecular complexity index is 495. The van der Waals surface area contributed by atoms with Crippen LogP contribution in [-0.4, -0.2) is 10.7 Å². The molecular weight excluding hydrogens is 184 g/mol. The van der Waals surface area contributed by atoms with Crippen LogP contribution in [0.2, 0.25) is 0 Å². The summed E-state index contributed by atoms with van der Waals surface area (Å²) in [6.45, 7) is 3.04. The Hall–Kier alpha value is -1.83. The lowest BCUT2D eigenvalue weighted by atomic mass is 10.1. The van der Waals surface area contributed by atoms with Crippen molar-refractivity contribution in [2.24, 2.45) is 4.99 Å². The van der Waals surface area contributed by atoms with Gasteiger partial charge in [0.15, 0.2) is 0 Å². The molecular formula is C13H12N2. The Morgan fingerprint density at radius 3 is 3.13 bits per heavy atom. The molecule has 0 saturated carbocycles. The van der Waals surface area contributed by atoms with E-state index in [0.29, 0.717) is 0 Å². The molecule has 2 nitrogen and oxygen atoms in total. The summed E-state index contributed by atoms with van der Waals surface area (Å²) in [5.74, 6) is 1.04. The summed E-state index contributed by atoms with van der Waals surface area (Å²) >= 11 is 0. The van der Waals surface area contributed by atoms with E-state index in [2.05, 4.69) is 47.3 Å². The molecule has 0 aromatic heterocycles. The van der Waals surface area contributed by atoms with E-state index < -0.39 is 0 Å². The zero-order valence-corrected chi connectivity index (χ0v) is 8.64. The predicted molar refractivity (Wildman–Crippen MR) is 62.1 cm³/mol. The monoisotopic (exact) mass is 196 g/mol. The summed E-state index contributed by atoms with van der Waals surface area (Å²) in [6.07, 6.45) is 8.19. The van der Waals surface area contributed by atoms with Gasteiger partial charge in [-0.25, -0.2) is 4.99 Å². The van der Waals surface area contributed by atoms with Crippen molar-refractivity contribution < 1.29 is 0 Å². The molecule has 15 heavy (non-hydrogen) atoms. The van der Waals surface area contributed by atoms with Gasteiger partial charge in [0.05, 0.1) is 12.2 Å². The fourth-order valence-corrected chi connectivity index (χ4v) is 2.01. The highest BCUT2D eigenvalue weighted by molar-refractivity contribution is 5.98. The molecule has 0 unspecified atom stereocenters. The van der Waals surface area contributed by atoms with Crippen LogP contribution in [0.5, 0.6) is 0 Å². The van der Waals surface area contributed by atoms with Crippen LogP contribution in [-0.2, 0) is 6.54 Å². The number of aliphatic imine (C=N–C) groups is 1. The number of allylic oxidation sites excluding steroid dienone is 2. The minimum atomic E-state index is 0.927. The first-order valence-electron chi connectivity index (χ1n) is 5.13. The quantitative estimate of drug-likeness (QED) is 0.623. The maximum absolute atomic E-state index is 4.67. The molecule has 0 aliphatic carbocycles. The highest BCUT2D eigenvalue weighted by Crippen LogP contribution is 2.30. The molecule has 74 valence electrons. The summed E-state index contributed by atoms with van der Waals surface area (Å²) < 4.78 is 0. The first kappa shape index (κ1) is 8.48. The van der Waals surface area contributed by atoms with Crippen LogP contribution in [0.3, 0.4) is 0 Å². The molecule has 2 aliphatic rings. The van der Waals surface area contributed by atoms with Crippen molar-refractivity contribution in [3.05, 3.63) is 53.8 Å². The molecule has 0 bridgehead atoms. The van der Waals surface area contributed by atoms with Crippen molar-refractivity contribution >= 4 is 11.5 Å². The first-order chi connectivity index (χ1) is 7.34. The van der Waals surface area contributed by atoms with Crippen molar-refractivity contribution in [2.45, 2.75) is 13.5 Å².